The average molecular weight is 402 g/mol. The maximum atomic E-state index is 10.0. The average Bonchev–Trinajstić information content (AvgIpc) is 3.34. The molecular formula is C24H27N5O. The summed E-state index contributed by atoms with van der Waals surface area (Å²) < 4.78 is 6.38. The molecule has 1 aromatic heterocycles. The van der Waals surface area contributed by atoms with Crippen LogP contribution in [-0.4, -0.2) is 56.2 Å². The lowest BCUT2D eigenvalue weighted by Crippen LogP contribution is -2.37. The van der Waals surface area contributed by atoms with E-state index >= 15 is 0 Å². The van der Waals surface area contributed by atoms with E-state index in [4.69, 9.17) is 9.40 Å². The van der Waals surface area contributed by atoms with Crippen molar-refractivity contribution in [3.8, 4) is 17.2 Å². The fourth-order valence-electron chi connectivity index (χ4n) is 4.64. The maximum absolute atomic E-state index is 10.0. The Bertz CT molecular complexity index is 1120. The molecule has 0 spiro atoms. The Morgan fingerprint density at radius 3 is 2.50 bits per heavy atom. The summed E-state index contributed by atoms with van der Waals surface area (Å²) in [5, 5.41) is 10.0. The van der Waals surface area contributed by atoms with Gasteiger partial charge in [0.05, 0.1) is 11.3 Å². The number of likely N-dealkylation sites (N-methyl/N-ethyl adjacent to an activating group) is 1. The van der Waals surface area contributed by atoms with Gasteiger partial charge in [-0.2, -0.15) is 10.2 Å². The van der Waals surface area contributed by atoms with Gasteiger partial charge in [0.25, 0.3) is 6.01 Å². The molecule has 3 heterocycles. The zero-order chi connectivity index (χ0) is 20.8. The zero-order valence-electron chi connectivity index (χ0n) is 17.9. The van der Waals surface area contributed by atoms with Gasteiger partial charge in [-0.1, -0.05) is 30.3 Å². The Morgan fingerprint density at radius 1 is 1.13 bits per heavy atom. The van der Waals surface area contributed by atoms with E-state index in [1.807, 2.05) is 25.1 Å². The van der Waals surface area contributed by atoms with Crippen LogP contribution >= 0.6 is 0 Å². The summed E-state index contributed by atoms with van der Waals surface area (Å²) in [6, 6.07) is 13.9. The molecule has 2 saturated heterocycles. The second-order valence-electron chi connectivity index (χ2n) is 8.57. The van der Waals surface area contributed by atoms with Gasteiger partial charge >= 0.3 is 0 Å². The van der Waals surface area contributed by atoms with Gasteiger partial charge in [-0.25, -0.2) is 0 Å². The Labute approximate surface area is 177 Å². The van der Waals surface area contributed by atoms with E-state index in [-0.39, 0.29) is 0 Å². The summed E-state index contributed by atoms with van der Waals surface area (Å²) in [6.07, 6.45) is 2.26. The van der Waals surface area contributed by atoms with E-state index in [1.165, 1.54) is 0 Å². The fourth-order valence-corrected chi connectivity index (χ4v) is 4.64. The molecule has 6 heteroatoms. The van der Waals surface area contributed by atoms with E-state index in [0.29, 0.717) is 23.1 Å². The van der Waals surface area contributed by atoms with Crippen LogP contribution in [0.2, 0.25) is 0 Å². The van der Waals surface area contributed by atoms with Gasteiger partial charge in [0.15, 0.2) is 5.58 Å². The highest BCUT2D eigenvalue weighted by molar-refractivity contribution is 6.03. The topological polar surface area (TPSA) is 59.5 Å². The lowest BCUT2D eigenvalue weighted by atomic mass is 9.93. The van der Waals surface area contributed by atoms with E-state index < -0.39 is 0 Å². The lowest BCUT2D eigenvalue weighted by molar-refractivity contribution is 0.315. The van der Waals surface area contributed by atoms with E-state index in [2.05, 4.69) is 47.0 Å². The third-order valence-corrected chi connectivity index (χ3v) is 6.57. The minimum absolute atomic E-state index is 0.498. The molecule has 2 fully saturated rings. The summed E-state index contributed by atoms with van der Waals surface area (Å²) in [5.74, 6) is 0. The van der Waals surface area contributed by atoms with Gasteiger partial charge < -0.3 is 19.1 Å². The second-order valence-corrected chi connectivity index (χ2v) is 8.57. The third kappa shape index (κ3) is 2.93. The van der Waals surface area contributed by atoms with Gasteiger partial charge in [0.2, 0.25) is 0 Å². The molecule has 0 N–H and O–H groups in total. The largest absolute Gasteiger partial charge is 0.421 e. The van der Waals surface area contributed by atoms with E-state index in [1.54, 1.807) is 0 Å². The first-order valence-electron chi connectivity index (χ1n) is 10.7. The van der Waals surface area contributed by atoms with Gasteiger partial charge in [0, 0.05) is 37.8 Å². The van der Waals surface area contributed by atoms with Crippen LogP contribution in [0.3, 0.4) is 0 Å². The van der Waals surface area contributed by atoms with Crippen molar-refractivity contribution < 1.29 is 4.42 Å². The quantitative estimate of drug-likeness (QED) is 0.658. The Kier molecular flexibility index (Phi) is 4.63. The number of nitrogens with zero attached hydrogens (tertiary/aromatic N) is 5. The predicted octanol–water partition coefficient (Wildman–Crippen LogP) is 4.03. The van der Waals surface area contributed by atoms with Crippen molar-refractivity contribution in [1.29, 1.82) is 5.26 Å². The molecule has 0 bridgehead atoms. The van der Waals surface area contributed by atoms with Crippen LogP contribution in [0.5, 0.6) is 0 Å². The number of hydrogen-bond acceptors (Lipinski definition) is 6. The highest BCUT2D eigenvalue weighted by Gasteiger charge is 2.32. The molecule has 0 saturated carbocycles. The van der Waals surface area contributed by atoms with Crippen molar-refractivity contribution in [3.05, 3.63) is 41.5 Å². The fraction of sp³-hybridized carbons (Fsp3) is 0.417. The van der Waals surface area contributed by atoms with Crippen LogP contribution < -0.4 is 9.80 Å². The number of hydrogen-bond donors (Lipinski definition) is 0. The highest BCUT2D eigenvalue weighted by atomic mass is 16.4. The summed E-state index contributed by atoms with van der Waals surface area (Å²) in [4.78, 5) is 11.7. The van der Waals surface area contributed by atoms with Crippen LogP contribution in [0.1, 0.15) is 24.0 Å². The second kappa shape index (κ2) is 7.33. The first kappa shape index (κ1) is 19.0. The van der Waals surface area contributed by atoms with Crippen molar-refractivity contribution in [2.24, 2.45) is 0 Å². The third-order valence-electron chi connectivity index (χ3n) is 6.57. The Morgan fingerprint density at radius 2 is 1.90 bits per heavy atom. The molecule has 2 aliphatic heterocycles. The highest BCUT2D eigenvalue weighted by Crippen LogP contribution is 2.45. The molecular weight excluding hydrogens is 374 g/mol. The number of aromatic nitrogens is 1. The summed E-state index contributed by atoms with van der Waals surface area (Å²) in [6.45, 7) is 5.86. The summed E-state index contributed by atoms with van der Waals surface area (Å²) >= 11 is 0. The molecule has 0 radical (unpaired) electrons. The number of fused-ring (bicyclic) bond motifs is 1. The first-order chi connectivity index (χ1) is 14.6. The summed E-state index contributed by atoms with van der Waals surface area (Å²) in [5.41, 5.74) is 6.31. The number of oxazole rings is 1. The molecule has 154 valence electrons. The number of rotatable bonds is 4. The van der Waals surface area contributed by atoms with Crippen molar-refractivity contribution in [2.45, 2.75) is 25.8 Å². The SMILES string of the molecule is Cc1c(-c2ccccc2)c(N2CCC(N(C)C)C2)c2oc(N3CCC3)nc2c1C#N. The predicted molar refractivity (Wildman–Crippen MR) is 120 cm³/mol. The smallest absolute Gasteiger partial charge is 0.298 e. The van der Waals surface area contributed by atoms with Crippen LogP contribution in [0.4, 0.5) is 11.7 Å². The zero-order valence-corrected chi connectivity index (χ0v) is 17.9. The molecule has 2 aliphatic rings. The number of nitriles is 1. The minimum atomic E-state index is 0.498. The van der Waals surface area contributed by atoms with Crippen LogP contribution in [0.25, 0.3) is 22.2 Å². The molecule has 2 aromatic carbocycles. The first-order valence-corrected chi connectivity index (χ1v) is 10.7. The minimum Gasteiger partial charge on any atom is -0.421 e. The standard InChI is InChI=1S/C24H27N5O/c1-16-19(14-25)21-23(30-24(26-21)28-11-7-12-28)22(20(16)17-8-5-4-6-9-17)29-13-10-18(15-29)27(2)3/h4-6,8-9,18H,7,10-13,15H2,1-3H3. The number of anilines is 2. The Hall–Kier alpha value is -3.04. The van der Waals surface area contributed by atoms with Crippen molar-refractivity contribution in [3.63, 3.8) is 0 Å². The Balaban J connectivity index is 1.78. The van der Waals surface area contributed by atoms with Crippen molar-refractivity contribution in [1.82, 2.24) is 9.88 Å². The van der Waals surface area contributed by atoms with Gasteiger partial charge in [0.1, 0.15) is 11.6 Å². The molecule has 5 rings (SSSR count). The van der Waals surface area contributed by atoms with Crippen LogP contribution in [0.15, 0.2) is 34.7 Å². The van der Waals surface area contributed by atoms with Crippen molar-refractivity contribution >= 4 is 22.8 Å². The van der Waals surface area contributed by atoms with E-state index in [0.717, 1.165) is 67.0 Å². The molecule has 1 atom stereocenters. The normalized spacial score (nSPS) is 18.8. The molecule has 1 unspecified atom stereocenters. The van der Waals surface area contributed by atoms with E-state index in [9.17, 15) is 5.26 Å². The summed E-state index contributed by atoms with van der Waals surface area (Å²) in [7, 11) is 4.28. The maximum Gasteiger partial charge on any atom is 0.298 e. The monoisotopic (exact) mass is 401 g/mol. The lowest BCUT2D eigenvalue weighted by Gasteiger charge is -2.28. The van der Waals surface area contributed by atoms with Gasteiger partial charge in [-0.05, 0) is 45.0 Å². The van der Waals surface area contributed by atoms with Crippen LogP contribution in [0, 0.1) is 18.3 Å². The van der Waals surface area contributed by atoms with Gasteiger partial charge in [-0.3, -0.25) is 0 Å². The molecule has 30 heavy (non-hydrogen) atoms. The molecule has 3 aromatic rings. The van der Waals surface area contributed by atoms with Gasteiger partial charge in [-0.15, -0.1) is 0 Å². The van der Waals surface area contributed by atoms with Crippen LogP contribution in [-0.2, 0) is 0 Å². The number of benzene rings is 2. The van der Waals surface area contributed by atoms with Crippen molar-refractivity contribution in [2.75, 3.05) is 50.1 Å². The molecule has 0 amide bonds. The molecule has 6 nitrogen and oxygen atoms in total. The molecule has 0 aliphatic carbocycles.